The number of esters is 1. The highest BCUT2D eigenvalue weighted by Gasteiger charge is 2.14. The molecule has 2 aromatic rings. The molecule has 0 unspecified atom stereocenters. The van der Waals surface area contributed by atoms with Gasteiger partial charge in [-0.3, -0.25) is 9.59 Å². The number of anilines is 1. The van der Waals surface area contributed by atoms with Crippen molar-refractivity contribution in [1.82, 2.24) is 0 Å². The van der Waals surface area contributed by atoms with Crippen molar-refractivity contribution in [2.45, 2.75) is 33.1 Å². The Morgan fingerprint density at radius 2 is 1.70 bits per heavy atom. The van der Waals surface area contributed by atoms with Gasteiger partial charge in [0.2, 0.25) is 0 Å². The molecule has 0 fully saturated rings. The summed E-state index contributed by atoms with van der Waals surface area (Å²) >= 11 is 5.96. The van der Waals surface area contributed by atoms with Crippen LogP contribution >= 0.6 is 11.6 Å². The van der Waals surface area contributed by atoms with Crippen LogP contribution in [0.2, 0.25) is 5.02 Å². The summed E-state index contributed by atoms with van der Waals surface area (Å²) in [7, 11) is 1.52. The van der Waals surface area contributed by atoms with Gasteiger partial charge in [0.25, 0.3) is 5.91 Å². The van der Waals surface area contributed by atoms with Gasteiger partial charge in [0.1, 0.15) is 5.75 Å². The van der Waals surface area contributed by atoms with E-state index in [9.17, 15) is 9.59 Å². The van der Waals surface area contributed by atoms with Crippen LogP contribution in [0.1, 0.15) is 30.5 Å². The van der Waals surface area contributed by atoms with E-state index in [2.05, 4.69) is 5.32 Å². The fourth-order valence-corrected chi connectivity index (χ4v) is 3.01. The monoisotopic (exact) mass is 389 g/mol. The van der Waals surface area contributed by atoms with E-state index in [1.807, 2.05) is 32.0 Å². The topological polar surface area (TPSA) is 64.6 Å². The average molecular weight is 390 g/mol. The number of rotatable bonds is 8. The second-order valence-electron chi connectivity index (χ2n) is 6.00. The molecular formula is C21H24ClNO4. The second-order valence-corrected chi connectivity index (χ2v) is 6.44. The highest BCUT2D eigenvalue weighted by molar-refractivity contribution is 6.30. The number of nitrogens with one attached hydrogen (secondary N) is 1. The van der Waals surface area contributed by atoms with Gasteiger partial charge in [-0.25, -0.2) is 0 Å². The van der Waals surface area contributed by atoms with Crippen molar-refractivity contribution >= 4 is 29.2 Å². The van der Waals surface area contributed by atoms with E-state index in [1.165, 1.54) is 7.11 Å². The summed E-state index contributed by atoms with van der Waals surface area (Å²) < 4.78 is 10.3. The van der Waals surface area contributed by atoms with Crippen molar-refractivity contribution in [3.8, 4) is 5.75 Å². The smallest absolute Gasteiger partial charge is 0.310 e. The van der Waals surface area contributed by atoms with Crippen LogP contribution in [0, 0.1) is 0 Å². The fraction of sp³-hybridized carbons (Fsp3) is 0.333. The lowest BCUT2D eigenvalue weighted by Crippen LogP contribution is -2.23. The Hall–Kier alpha value is -2.53. The first-order chi connectivity index (χ1) is 13.0. The SMILES string of the molecule is CCc1cccc(CC)c1NC(=O)COC(=O)Cc1cc(Cl)ccc1OC. The van der Waals surface area contributed by atoms with Gasteiger partial charge in [0.05, 0.1) is 13.5 Å². The van der Waals surface area contributed by atoms with Crippen LogP contribution in [0.4, 0.5) is 5.69 Å². The van der Waals surface area contributed by atoms with Gasteiger partial charge < -0.3 is 14.8 Å². The van der Waals surface area contributed by atoms with Gasteiger partial charge in [-0.15, -0.1) is 0 Å². The molecule has 0 aliphatic heterocycles. The molecule has 0 spiro atoms. The number of para-hydroxylation sites is 1. The van der Waals surface area contributed by atoms with Crippen LogP contribution in [0.3, 0.4) is 0 Å². The number of methoxy groups -OCH3 is 1. The normalized spacial score (nSPS) is 10.4. The third-order valence-corrected chi connectivity index (χ3v) is 4.44. The molecule has 1 N–H and O–H groups in total. The van der Waals surface area contributed by atoms with E-state index in [1.54, 1.807) is 18.2 Å². The van der Waals surface area contributed by atoms with Crippen molar-refractivity contribution < 1.29 is 19.1 Å². The van der Waals surface area contributed by atoms with Crippen molar-refractivity contribution in [3.63, 3.8) is 0 Å². The summed E-state index contributed by atoms with van der Waals surface area (Å²) in [6.45, 7) is 3.72. The van der Waals surface area contributed by atoms with Gasteiger partial charge in [-0.05, 0) is 42.2 Å². The lowest BCUT2D eigenvalue weighted by Gasteiger charge is -2.14. The maximum atomic E-state index is 12.2. The zero-order valence-corrected chi connectivity index (χ0v) is 16.6. The molecule has 0 bridgehead atoms. The van der Waals surface area contributed by atoms with Crippen molar-refractivity contribution in [3.05, 3.63) is 58.1 Å². The zero-order chi connectivity index (χ0) is 19.8. The molecule has 5 nitrogen and oxygen atoms in total. The molecule has 0 saturated carbocycles. The van der Waals surface area contributed by atoms with Gasteiger partial charge in [0.15, 0.2) is 6.61 Å². The lowest BCUT2D eigenvalue weighted by atomic mass is 10.0. The molecule has 27 heavy (non-hydrogen) atoms. The van der Waals surface area contributed by atoms with Gasteiger partial charge in [-0.1, -0.05) is 43.6 Å². The minimum absolute atomic E-state index is 0.0250. The lowest BCUT2D eigenvalue weighted by molar-refractivity contribution is -0.146. The molecule has 0 aliphatic carbocycles. The summed E-state index contributed by atoms with van der Waals surface area (Å²) in [4.78, 5) is 24.3. The molecule has 0 atom stereocenters. The van der Waals surface area contributed by atoms with Crippen molar-refractivity contribution in [2.75, 3.05) is 19.0 Å². The minimum atomic E-state index is -0.523. The number of hydrogen-bond donors (Lipinski definition) is 1. The third kappa shape index (κ3) is 5.73. The first kappa shape index (κ1) is 20.8. The second kappa shape index (κ2) is 9.97. The van der Waals surface area contributed by atoms with Gasteiger partial charge in [0, 0.05) is 16.3 Å². The average Bonchev–Trinajstić information content (AvgIpc) is 2.66. The predicted molar refractivity (Wildman–Crippen MR) is 106 cm³/mol. The third-order valence-electron chi connectivity index (χ3n) is 4.20. The number of carbonyl (C=O) groups is 2. The number of amides is 1. The molecular weight excluding hydrogens is 366 g/mol. The van der Waals surface area contributed by atoms with Crippen LogP contribution in [-0.2, 0) is 33.6 Å². The number of carbonyl (C=O) groups excluding carboxylic acids is 2. The highest BCUT2D eigenvalue weighted by Crippen LogP contribution is 2.24. The van der Waals surface area contributed by atoms with E-state index in [0.29, 0.717) is 16.3 Å². The molecule has 0 aromatic heterocycles. The molecule has 0 radical (unpaired) electrons. The van der Waals surface area contributed by atoms with E-state index < -0.39 is 5.97 Å². The molecule has 0 aliphatic rings. The zero-order valence-electron chi connectivity index (χ0n) is 15.8. The number of hydrogen-bond acceptors (Lipinski definition) is 4. The molecule has 2 aromatic carbocycles. The largest absolute Gasteiger partial charge is 0.496 e. The molecule has 2 rings (SSSR count). The number of benzene rings is 2. The van der Waals surface area contributed by atoms with E-state index >= 15 is 0 Å². The van der Waals surface area contributed by atoms with Crippen LogP contribution in [-0.4, -0.2) is 25.6 Å². The number of aryl methyl sites for hydroxylation is 2. The maximum absolute atomic E-state index is 12.2. The summed E-state index contributed by atoms with van der Waals surface area (Å²) in [6, 6.07) is 10.9. The first-order valence-electron chi connectivity index (χ1n) is 8.87. The Balaban J connectivity index is 1.96. The Bertz CT molecular complexity index is 798. The number of halogens is 1. The standard InChI is InChI=1S/C21H24ClNO4/c1-4-14-7-6-8-15(5-2)21(14)23-19(24)13-27-20(25)12-16-11-17(22)9-10-18(16)26-3/h6-11H,4-5,12-13H2,1-3H3,(H,23,24). The molecule has 144 valence electrons. The van der Waals surface area contributed by atoms with Crippen molar-refractivity contribution in [2.24, 2.45) is 0 Å². The maximum Gasteiger partial charge on any atom is 0.310 e. The van der Waals surface area contributed by atoms with Crippen LogP contribution < -0.4 is 10.1 Å². The Kier molecular flexibility index (Phi) is 7.67. The van der Waals surface area contributed by atoms with E-state index in [4.69, 9.17) is 21.1 Å². The van der Waals surface area contributed by atoms with Crippen molar-refractivity contribution in [1.29, 1.82) is 0 Å². The van der Waals surface area contributed by atoms with Crippen LogP contribution in [0.25, 0.3) is 0 Å². The van der Waals surface area contributed by atoms with Gasteiger partial charge >= 0.3 is 5.97 Å². The molecule has 0 heterocycles. The molecule has 6 heteroatoms. The van der Waals surface area contributed by atoms with Crippen LogP contribution in [0.5, 0.6) is 5.75 Å². The summed E-state index contributed by atoms with van der Waals surface area (Å²) in [6.07, 6.45) is 1.58. The predicted octanol–water partition coefficient (Wildman–Crippen LogP) is 4.20. The Morgan fingerprint density at radius 1 is 1.04 bits per heavy atom. The summed E-state index contributed by atoms with van der Waals surface area (Å²) in [5, 5.41) is 3.37. The van der Waals surface area contributed by atoms with E-state index in [-0.39, 0.29) is 18.9 Å². The highest BCUT2D eigenvalue weighted by atomic mass is 35.5. The van der Waals surface area contributed by atoms with Crippen LogP contribution in [0.15, 0.2) is 36.4 Å². The summed E-state index contributed by atoms with van der Waals surface area (Å²) in [5.41, 5.74) is 3.52. The first-order valence-corrected chi connectivity index (χ1v) is 9.24. The Labute approximate surface area is 164 Å². The summed E-state index contributed by atoms with van der Waals surface area (Å²) in [5.74, 6) is -0.340. The number of ether oxygens (including phenoxy) is 2. The van der Waals surface area contributed by atoms with Gasteiger partial charge in [-0.2, -0.15) is 0 Å². The quantitative estimate of drug-likeness (QED) is 0.687. The minimum Gasteiger partial charge on any atom is -0.496 e. The van der Waals surface area contributed by atoms with E-state index in [0.717, 1.165) is 29.7 Å². The molecule has 0 saturated heterocycles. The Morgan fingerprint density at radius 3 is 2.30 bits per heavy atom. The molecule has 1 amide bonds. The fourth-order valence-electron chi connectivity index (χ4n) is 2.82.